The molecule has 0 radical (unpaired) electrons. The summed E-state index contributed by atoms with van der Waals surface area (Å²) in [7, 11) is 0. The number of aliphatic hydroxyl groups is 1. The molecule has 6 nitrogen and oxygen atoms in total. The Bertz CT molecular complexity index is 340. The van der Waals surface area contributed by atoms with E-state index in [9.17, 15) is 9.90 Å². The molecule has 1 saturated carbocycles. The Morgan fingerprint density at radius 3 is 3.12 bits per heavy atom. The Balaban J connectivity index is 2.02. The largest absolute Gasteiger partial charge is 0.396 e. The topological polar surface area (TPSA) is 89.3 Å². The van der Waals surface area contributed by atoms with E-state index in [0.29, 0.717) is 19.0 Å². The molecule has 16 heavy (non-hydrogen) atoms. The second-order valence-corrected chi connectivity index (χ2v) is 4.77. The van der Waals surface area contributed by atoms with Crippen molar-refractivity contribution >= 4 is 5.91 Å². The van der Waals surface area contributed by atoms with Gasteiger partial charge in [-0.3, -0.25) is 4.79 Å². The maximum atomic E-state index is 11.7. The molecule has 1 aliphatic carbocycles. The molecule has 88 valence electrons. The summed E-state index contributed by atoms with van der Waals surface area (Å²) in [5.74, 6) is 0.299. The van der Waals surface area contributed by atoms with Gasteiger partial charge >= 0.3 is 0 Å². The minimum atomic E-state index is -0.125. The van der Waals surface area contributed by atoms with Gasteiger partial charge < -0.3 is 10.0 Å². The fraction of sp³-hybridized carbons (Fsp3) is 0.900. The fourth-order valence-corrected chi connectivity index (χ4v) is 3.05. The third kappa shape index (κ3) is 1.74. The lowest BCUT2D eigenvalue weighted by molar-refractivity contribution is -0.129. The SMILES string of the molecule is [N-]=[N+]=NCC(=O)N1C[C@@H]2CCC[C@@]2(CO)C1. The lowest BCUT2D eigenvalue weighted by atomic mass is 9.82. The molecule has 0 aromatic carbocycles. The third-order valence-electron chi connectivity index (χ3n) is 3.98. The van der Waals surface area contributed by atoms with Crippen molar-refractivity contribution in [3.8, 4) is 0 Å². The molecule has 1 aliphatic heterocycles. The molecule has 0 aromatic rings. The van der Waals surface area contributed by atoms with E-state index in [1.54, 1.807) is 4.90 Å². The number of fused-ring (bicyclic) bond motifs is 1. The quantitative estimate of drug-likeness (QED) is 0.438. The maximum Gasteiger partial charge on any atom is 0.228 e. The van der Waals surface area contributed by atoms with Crippen LogP contribution in [0.4, 0.5) is 0 Å². The van der Waals surface area contributed by atoms with Crippen LogP contribution in [0.3, 0.4) is 0 Å². The number of hydrogen-bond acceptors (Lipinski definition) is 3. The van der Waals surface area contributed by atoms with E-state index in [1.165, 1.54) is 0 Å². The van der Waals surface area contributed by atoms with Gasteiger partial charge in [-0.05, 0) is 24.3 Å². The summed E-state index contributed by atoms with van der Waals surface area (Å²) in [5.41, 5.74) is 8.09. The molecule has 1 heterocycles. The number of hydrogen-bond donors (Lipinski definition) is 1. The summed E-state index contributed by atoms with van der Waals surface area (Å²) < 4.78 is 0. The number of carbonyl (C=O) groups is 1. The first kappa shape index (κ1) is 11.2. The molecule has 2 rings (SSSR count). The number of likely N-dealkylation sites (tertiary alicyclic amines) is 1. The number of azide groups is 1. The molecule has 0 spiro atoms. The van der Waals surface area contributed by atoms with Gasteiger partial charge in [0.25, 0.3) is 0 Å². The lowest BCUT2D eigenvalue weighted by Gasteiger charge is -2.25. The smallest absolute Gasteiger partial charge is 0.228 e. The molecule has 1 N–H and O–H groups in total. The Labute approximate surface area is 93.9 Å². The van der Waals surface area contributed by atoms with Crippen LogP contribution >= 0.6 is 0 Å². The molecule has 0 aromatic heterocycles. The summed E-state index contributed by atoms with van der Waals surface area (Å²) in [4.78, 5) is 16.0. The van der Waals surface area contributed by atoms with Gasteiger partial charge in [-0.15, -0.1) is 0 Å². The normalized spacial score (nSPS) is 32.3. The minimum Gasteiger partial charge on any atom is -0.396 e. The van der Waals surface area contributed by atoms with Gasteiger partial charge in [-0.2, -0.15) is 0 Å². The second kappa shape index (κ2) is 4.31. The third-order valence-corrected chi connectivity index (χ3v) is 3.98. The van der Waals surface area contributed by atoms with Crippen molar-refractivity contribution in [3.63, 3.8) is 0 Å². The zero-order valence-corrected chi connectivity index (χ0v) is 9.17. The van der Waals surface area contributed by atoms with Crippen molar-refractivity contribution in [3.05, 3.63) is 10.4 Å². The molecule has 2 aliphatic rings. The second-order valence-electron chi connectivity index (χ2n) is 4.77. The number of amides is 1. The van der Waals surface area contributed by atoms with E-state index in [0.717, 1.165) is 19.3 Å². The minimum absolute atomic E-state index is 0.0774. The zero-order valence-electron chi connectivity index (χ0n) is 9.17. The van der Waals surface area contributed by atoms with Crippen LogP contribution in [0.25, 0.3) is 10.4 Å². The van der Waals surface area contributed by atoms with E-state index in [2.05, 4.69) is 10.0 Å². The molecule has 0 unspecified atom stereocenters. The molecule has 2 atom stereocenters. The van der Waals surface area contributed by atoms with E-state index < -0.39 is 0 Å². The highest BCUT2D eigenvalue weighted by atomic mass is 16.3. The molecule has 0 bridgehead atoms. The first-order valence-corrected chi connectivity index (χ1v) is 5.61. The highest BCUT2D eigenvalue weighted by molar-refractivity contribution is 5.78. The van der Waals surface area contributed by atoms with E-state index >= 15 is 0 Å². The predicted octanol–water partition coefficient (Wildman–Crippen LogP) is 0.918. The van der Waals surface area contributed by atoms with Crippen LogP contribution in [0.2, 0.25) is 0 Å². The van der Waals surface area contributed by atoms with Gasteiger partial charge in [-0.25, -0.2) is 0 Å². The van der Waals surface area contributed by atoms with Crippen LogP contribution in [-0.2, 0) is 4.79 Å². The van der Waals surface area contributed by atoms with Gasteiger partial charge in [0, 0.05) is 23.4 Å². The van der Waals surface area contributed by atoms with Crippen molar-refractivity contribution in [2.45, 2.75) is 19.3 Å². The van der Waals surface area contributed by atoms with Crippen molar-refractivity contribution < 1.29 is 9.90 Å². The van der Waals surface area contributed by atoms with Crippen LogP contribution in [0.1, 0.15) is 19.3 Å². The number of carbonyl (C=O) groups excluding carboxylic acids is 1. The zero-order chi connectivity index (χ0) is 11.6. The van der Waals surface area contributed by atoms with Gasteiger partial charge in [-0.1, -0.05) is 11.5 Å². The van der Waals surface area contributed by atoms with Crippen LogP contribution in [0, 0.1) is 11.3 Å². The van der Waals surface area contributed by atoms with E-state index in [4.69, 9.17) is 5.53 Å². The highest BCUT2D eigenvalue weighted by Gasteiger charge is 2.49. The molecular weight excluding hydrogens is 208 g/mol. The summed E-state index contributed by atoms with van der Waals surface area (Å²) >= 11 is 0. The Morgan fingerprint density at radius 2 is 2.50 bits per heavy atom. The summed E-state index contributed by atoms with van der Waals surface area (Å²) in [6.07, 6.45) is 3.23. The summed E-state index contributed by atoms with van der Waals surface area (Å²) in [6.45, 7) is 1.38. The lowest BCUT2D eigenvalue weighted by Crippen LogP contribution is -2.34. The molecule has 2 fully saturated rings. The maximum absolute atomic E-state index is 11.7. The molecule has 6 heteroatoms. The Morgan fingerprint density at radius 1 is 1.69 bits per heavy atom. The molecular formula is C10H16N4O2. The van der Waals surface area contributed by atoms with Gasteiger partial charge in [0.05, 0.1) is 6.61 Å². The Hall–Kier alpha value is -1.26. The average molecular weight is 224 g/mol. The van der Waals surface area contributed by atoms with Crippen molar-refractivity contribution in [2.24, 2.45) is 16.4 Å². The van der Waals surface area contributed by atoms with Crippen LogP contribution < -0.4 is 0 Å². The van der Waals surface area contributed by atoms with Crippen LogP contribution in [0.5, 0.6) is 0 Å². The van der Waals surface area contributed by atoms with Crippen molar-refractivity contribution in [1.29, 1.82) is 0 Å². The molecule has 1 amide bonds. The molecule has 1 saturated heterocycles. The van der Waals surface area contributed by atoms with E-state index in [-0.39, 0.29) is 24.5 Å². The predicted molar refractivity (Wildman–Crippen MR) is 57.5 cm³/mol. The summed E-state index contributed by atoms with van der Waals surface area (Å²) in [6, 6.07) is 0. The number of rotatable bonds is 3. The first-order chi connectivity index (χ1) is 7.72. The fourth-order valence-electron chi connectivity index (χ4n) is 3.05. The van der Waals surface area contributed by atoms with Crippen LogP contribution in [0.15, 0.2) is 5.11 Å². The number of aliphatic hydroxyl groups excluding tert-OH is 1. The van der Waals surface area contributed by atoms with Gasteiger partial charge in [0.1, 0.15) is 6.54 Å². The Kier molecular flexibility index (Phi) is 3.03. The van der Waals surface area contributed by atoms with Gasteiger partial charge in [0.2, 0.25) is 5.91 Å². The van der Waals surface area contributed by atoms with Gasteiger partial charge in [0.15, 0.2) is 0 Å². The summed E-state index contributed by atoms with van der Waals surface area (Å²) in [5, 5.41) is 12.8. The van der Waals surface area contributed by atoms with E-state index in [1.807, 2.05) is 0 Å². The highest BCUT2D eigenvalue weighted by Crippen LogP contribution is 2.48. The van der Waals surface area contributed by atoms with Crippen LogP contribution in [-0.4, -0.2) is 42.2 Å². The first-order valence-electron chi connectivity index (χ1n) is 5.61. The monoisotopic (exact) mass is 224 g/mol. The standard InChI is InChI=1S/C10H16N4O2/c11-13-12-4-9(16)14-5-8-2-1-3-10(8,6-14)7-15/h8,15H,1-7H2/t8-,10-/m0/s1. The average Bonchev–Trinajstić information content (AvgIpc) is 2.82. The number of nitrogens with zero attached hydrogens (tertiary/aromatic N) is 4. The van der Waals surface area contributed by atoms with Crippen molar-refractivity contribution in [1.82, 2.24) is 4.90 Å². The van der Waals surface area contributed by atoms with Crippen molar-refractivity contribution in [2.75, 3.05) is 26.2 Å².